The molecule has 2 aliphatic heterocycles. The van der Waals surface area contributed by atoms with Crippen LogP contribution in [-0.4, -0.2) is 81.1 Å². The van der Waals surface area contributed by atoms with Gasteiger partial charge in [-0.15, -0.1) is 11.8 Å². The fourth-order valence-electron chi connectivity index (χ4n) is 3.17. The zero-order chi connectivity index (χ0) is 19.1. The van der Waals surface area contributed by atoms with E-state index in [9.17, 15) is 29.4 Å². The standard InChI is InChI=1S/C15H22N2O7S.Na/c1-5-24-7(18)6-16(4)12(21)9(19)8-11(20)17-10(14(22)23)15(2,3)25-13(8)17;/h8-10,13,19H,5-6H2,1-4H3,(H,22,23);/q;+1/p-1/t8-,9+,10+,13-;/m1./s1. The molecule has 9 nitrogen and oxygen atoms in total. The minimum absolute atomic E-state index is 0. The molecular formula is C15H21N2NaO7S. The van der Waals surface area contributed by atoms with Crippen molar-refractivity contribution in [3.05, 3.63) is 0 Å². The number of thioether (sulfide) groups is 1. The summed E-state index contributed by atoms with van der Waals surface area (Å²) in [6.07, 6.45) is -1.66. The molecule has 4 atom stereocenters. The molecule has 0 bridgehead atoms. The van der Waals surface area contributed by atoms with Crippen molar-refractivity contribution in [2.45, 2.75) is 43.0 Å². The number of carboxylic acid groups (broad SMARTS) is 1. The fourth-order valence-corrected chi connectivity index (χ4v) is 4.88. The Morgan fingerprint density at radius 3 is 2.50 bits per heavy atom. The number of carbonyl (C=O) groups excluding carboxylic acids is 4. The molecule has 2 amide bonds. The summed E-state index contributed by atoms with van der Waals surface area (Å²) >= 11 is 1.21. The Labute approximate surface area is 177 Å². The molecule has 0 aromatic rings. The predicted molar refractivity (Wildman–Crippen MR) is 84.9 cm³/mol. The van der Waals surface area contributed by atoms with E-state index in [0.717, 1.165) is 9.80 Å². The maximum Gasteiger partial charge on any atom is 1.00 e. The topological polar surface area (TPSA) is 127 Å². The molecule has 140 valence electrons. The molecule has 2 aliphatic rings. The van der Waals surface area contributed by atoms with Crippen LogP contribution in [0.4, 0.5) is 0 Å². The summed E-state index contributed by atoms with van der Waals surface area (Å²) in [7, 11) is 1.32. The van der Waals surface area contributed by atoms with Gasteiger partial charge in [-0.2, -0.15) is 0 Å². The van der Waals surface area contributed by atoms with E-state index in [-0.39, 0.29) is 42.7 Å². The van der Waals surface area contributed by atoms with E-state index in [2.05, 4.69) is 0 Å². The third-order valence-electron chi connectivity index (χ3n) is 4.35. The van der Waals surface area contributed by atoms with Crippen LogP contribution in [-0.2, 0) is 23.9 Å². The second-order valence-corrected chi connectivity index (χ2v) is 8.32. The molecule has 0 aromatic heterocycles. The minimum Gasteiger partial charge on any atom is -0.548 e. The van der Waals surface area contributed by atoms with Gasteiger partial charge in [0.05, 0.1) is 24.0 Å². The van der Waals surface area contributed by atoms with Crippen molar-refractivity contribution < 1.29 is 63.7 Å². The summed E-state index contributed by atoms with van der Waals surface area (Å²) in [5, 5.41) is 21.0. The Balaban J connectivity index is 0.00000338. The number of esters is 1. The van der Waals surface area contributed by atoms with Gasteiger partial charge in [0.25, 0.3) is 5.91 Å². The van der Waals surface area contributed by atoms with Crippen LogP contribution in [0.3, 0.4) is 0 Å². The van der Waals surface area contributed by atoms with Crippen LogP contribution in [0.25, 0.3) is 0 Å². The van der Waals surface area contributed by atoms with Gasteiger partial charge in [0.15, 0.2) is 0 Å². The number of aliphatic hydroxyl groups is 1. The first-order chi connectivity index (χ1) is 11.5. The molecule has 2 saturated heterocycles. The van der Waals surface area contributed by atoms with Crippen LogP contribution < -0.4 is 34.7 Å². The van der Waals surface area contributed by atoms with Gasteiger partial charge in [-0.25, -0.2) is 0 Å². The molecular weight excluding hydrogens is 375 g/mol. The van der Waals surface area contributed by atoms with Gasteiger partial charge in [0, 0.05) is 11.8 Å². The largest absolute Gasteiger partial charge is 1.00 e. The first-order valence-electron chi connectivity index (χ1n) is 7.82. The maximum atomic E-state index is 12.3. The summed E-state index contributed by atoms with van der Waals surface area (Å²) in [6, 6.07) is -1.12. The minimum atomic E-state index is -1.66. The van der Waals surface area contributed by atoms with Crippen molar-refractivity contribution in [3.63, 3.8) is 0 Å². The number of β-lactam (4-membered cyclic amide) rings is 1. The van der Waals surface area contributed by atoms with Crippen molar-refractivity contribution >= 4 is 35.5 Å². The SMILES string of the molecule is CCOC(=O)CN(C)C(=O)[C@@H](O)[C@@H]1C(=O)N2[C@@H]1SC(C)(C)[C@@H]2C(=O)[O-].[Na+]. The molecule has 2 heterocycles. The first kappa shape index (κ1) is 23.2. The van der Waals surface area contributed by atoms with Crippen LogP contribution >= 0.6 is 11.8 Å². The molecule has 1 N–H and O–H groups in total. The molecule has 11 heteroatoms. The number of ether oxygens (including phenoxy) is 1. The van der Waals surface area contributed by atoms with E-state index < -0.39 is 51.9 Å². The zero-order valence-corrected chi connectivity index (χ0v) is 18.2. The maximum absolute atomic E-state index is 12.3. The number of nitrogens with zero attached hydrogens (tertiary/aromatic N) is 2. The smallest absolute Gasteiger partial charge is 0.548 e. The van der Waals surface area contributed by atoms with Gasteiger partial charge < -0.3 is 29.5 Å². The molecule has 0 spiro atoms. The molecule has 2 fully saturated rings. The van der Waals surface area contributed by atoms with Crippen molar-refractivity contribution in [2.75, 3.05) is 20.2 Å². The predicted octanol–water partition coefficient (Wildman–Crippen LogP) is -5.20. The molecule has 0 unspecified atom stereocenters. The number of hydrogen-bond acceptors (Lipinski definition) is 8. The van der Waals surface area contributed by atoms with Crippen LogP contribution in [0.2, 0.25) is 0 Å². The Hall–Kier alpha value is -0.810. The fraction of sp³-hybridized carbons (Fsp3) is 0.733. The quantitative estimate of drug-likeness (QED) is 0.268. The number of aliphatic carboxylic acids is 1. The average Bonchev–Trinajstić information content (AvgIpc) is 2.74. The Bertz CT molecular complexity index is 615. The van der Waals surface area contributed by atoms with Gasteiger partial charge in [-0.1, -0.05) is 0 Å². The number of carbonyl (C=O) groups is 4. The van der Waals surface area contributed by atoms with Gasteiger partial charge in [-0.05, 0) is 20.8 Å². The van der Waals surface area contributed by atoms with E-state index >= 15 is 0 Å². The third-order valence-corrected chi connectivity index (χ3v) is 5.94. The second kappa shape index (κ2) is 8.47. The second-order valence-electron chi connectivity index (χ2n) is 6.55. The van der Waals surface area contributed by atoms with E-state index in [4.69, 9.17) is 4.74 Å². The van der Waals surface area contributed by atoms with Gasteiger partial charge in [0.2, 0.25) is 5.91 Å². The Kier molecular flexibility index (Phi) is 7.57. The summed E-state index contributed by atoms with van der Waals surface area (Å²) in [5.74, 6) is -4.44. The average molecular weight is 396 g/mol. The molecule has 0 saturated carbocycles. The monoisotopic (exact) mass is 396 g/mol. The zero-order valence-electron chi connectivity index (χ0n) is 15.4. The molecule has 0 aliphatic carbocycles. The van der Waals surface area contributed by atoms with Crippen molar-refractivity contribution in [1.82, 2.24) is 9.80 Å². The third kappa shape index (κ3) is 4.04. The summed E-state index contributed by atoms with van der Waals surface area (Å²) in [5.41, 5.74) is 0. The molecule has 26 heavy (non-hydrogen) atoms. The van der Waals surface area contributed by atoms with Crippen molar-refractivity contribution in [1.29, 1.82) is 0 Å². The van der Waals surface area contributed by atoms with Crippen LogP contribution in [0.5, 0.6) is 0 Å². The van der Waals surface area contributed by atoms with Crippen LogP contribution in [0, 0.1) is 5.92 Å². The Morgan fingerprint density at radius 2 is 2.00 bits per heavy atom. The van der Waals surface area contributed by atoms with Crippen LogP contribution in [0.1, 0.15) is 20.8 Å². The van der Waals surface area contributed by atoms with E-state index in [1.807, 2.05) is 0 Å². The summed E-state index contributed by atoms with van der Waals surface area (Å²) in [6.45, 7) is 4.78. The Morgan fingerprint density at radius 1 is 1.42 bits per heavy atom. The molecule has 2 rings (SSSR count). The van der Waals surface area contributed by atoms with E-state index in [1.54, 1.807) is 20.8 Å². The number of amides is 2. The van der Waals surface area contributed by atoms with Gasteiger partial charge in [0.1, 0.15) is 18.6 Å². The molecule has 0 aromatic carbocycles. The number of hydrogen-bond donors (Lipinski definition) is 1. The van der Waals surface area contributed by atoms with Crippen molar-refractivity contribution in [2.24, 2.45) is 5.92 Å². The number of carboxylic acids is 1. The molecule has 0 radical (unpaired) electrons. The number of rotatable bonds is 6. The van der Waals surface area contributed by atoms with E-state index in [0.29, 0.717) is 0 Å². The van der Waals surface area contributed by atoms with Gasteiger partial charge >= 0.3 is 35.5 Å². The summed E-state index contributed by atoms with van der Waals surface area (Å²) in [4.78, 5) is 49.5. The number of likely N-dealkylation sites (N-methyl/N-ethyl adjacent to an activating group) is 1. The first-order valence-corrected chi connectivity index (χ1v) is 8.70. The van der Waals surface area contributed by atoms with Crippen LogP contribution in [0.15, 0.2) is 0 Å². The van der Waals surface area contributed by atoms with Gasteiger partial charge in [-0.3, -0.25) is 14.4 Å². The number of aliphatic hydroxyl groups excluding tert-OH is 1. The van der Waals surface area contributed by atoms with Crippen molar-refractivity contribution in [3.8, 4) is 0 Å². The summed E-state index contributed by atoms with van der Waals surface area (Å²) < 4.78 is 3.94. The number of fused-ring (bicyclic) bond motifs is 1. The van der Waals surface area contributed by atoms with E-state index in [1.165, 1.54) is 18.8 Å². The normalized spacial score (nSPS) is 26.9.